The number of aliphatic hydroxyl groups is 1. The fourth-order valence-corrected chi connectivity index (χ4v) is 3.01. The normalized spacial score (nSPS) is 21.6. The molecule has 5 nitrogen and oxygen atoms in total. The van der Waals surface area contributed by atoms with Crippen molar-refractivity contribution < 1.29 is 14.4 Å². The van der Waals surface area contributed by atoms with Gasteiger partial charge in [0.05, 0.1) is 12.0 Å². The van der Waals surface area contributed by atoms with Crippen LogP contribution in [0.3, 0.4) is 0 Å². The Hall–Kier alpha value is -0.940. The van der Waals surface area contributed by atoms with E-state index < -0.39 is 6.10 Å². The lowest BCUT2D eigenvalue weighted by Crippen LogP contribution is -2.19. The Kier molecular flexibility index (Phi) is 5.54. The number of aliphatic hydroxyl groups excluding tert-OH is 1. The van der Waals surface area contributed by atoms with Crippen LogP contribution in [0.25, 0.3) is 0 Å². The molecule has 0 saturated heterocycles. The second-order valence-corrected chi connectivity index (χ2v) is 5.81. The van der Waals surface area contributed by atoms with Gasteiger partial charge in [-0.1, -0.05) is 38.3 Å². The lowest BCUT2D eigenvalue weighted by atomic mass is 9.85. The Balaban J connectivity index is 2.09. The van der Waals surface area contributed by atoms with Gasteiger partial charge in [-0.2, -0.15) is 4.98 Å². The molecule has 1 saturated carbocycles. The van der Waals surface area contributed by atoms with E-state index in [-0.39, 0.29) is 12.0 Å². The third-order valence-corrected chi connectivity index (χ3v) is 4.43. The van der Waals surface area contributed by atoms with Gasteiger partial charge < -0.3 is 14.4 Å². The fraction of sp³-hybridized carbons (Fsp3) is 0.867. The van der Waals surface area contributed by atoms with Crippen LogP contribution in [0.2, 0.25) is 0 Å². The molecule has 3 unspecified atom stereocenters. The highest BCUT2D eigenvalue weighted by atomic mass is 16.5. The third kappa shape index (κ3) is 3.38. The molecule has 114 valence electrons. The molecule has 5 heteroatoms. The number of nitrogens with zero attached hydrogens (tertiary/aromatic N) is 2. The fourth-order valence-electron chi connectivity index (χ4n) is 3.01. The highest BCUT2D eigenvalue weighted by molar-refractivity contribution is 4.99. The van der Waals surface area contributed by atoms with Crippen molar-refractivity contribution >= 4 is 0 Å². The van der Waals surface area contributed by atoms with Gasteiger partial charge in [-0.25, -0.2) is 0 Å². The molecular formula is C15H26N2O3. The van der Waals surface area contributed by atoms with Crippen LogP contribution in [0.1, 0.15) is 76.1 Å². The van der Waals surface area contributed by atoms with Crippen molar-refractivity contribution in [2.24, 2.45) is 5.92 Å². The van der Waals surface area contributed by atoms with Crippen molar-refractivity contribution in [3.63, 3.8) is 0 Å². The first kappa shape index (κ1) is 15.4. The lowest BCUT2D eigenvalue weighted by Gasteiger charge is -2.26. The molecule has 1 aromatic heterocycles. The van der Waals surface area contributed by atoms with Gasteiger partial charge in [0.15, 0.2) is 0 Å². The predicted molar refractivity (Wildman–Crippen MR) is 75.3 cm³/mol. The highest BCUT2D eigenvalue weighted by Crippen LogP contribution is 2.35. The summed E-state index contributed by atoms with van der Waals surface area (Å²) in [6, 6.07) is 0. The third-order valence-electron chi connectivity index (χ3n) is 4.43. The second-order valence-electron chi connectivity index (χ2n) is 5.81. The molecule has 1 aliphatic carbocycles. The van der Waals surface area contributed by atoms with Crippen molar-refractivity contribution in [3.8, 4) is 0 Å². The topological polar surface area (TPSA) is 68.4 Å². The van der Waals surface area contributed by atoms with E-state index >= 15 is 0 Å². The summed E-state index contributed by atoms with van der Waals surface area (Å²) < 4.78 is 10.9. The molecule has 0 amide bonds. The zero-order chi connectivity index (χ0) is 14.5. The molecular weight excluding hydrogens is 256 g/mol. The predicted octanol–water partition coefficient (Wildman–Crippen LogP) is 3.21. The van der Waals surface area contributed by atoms with E-state index in [9.17, 15) is 5.11 Å². The van der Waals surface area contributed by atoms with Gasteiger partial charge in [0, 0.05) is 7.11 Å². The van der Waals surface area contributed by atoms with Crippen molar-refractivity contribution in [2.45, 2.75) is 70.5 Å². The molecule has 1 aromatic rings. The van der Waals surface area contributed by atoms with E-state index in [1.165, 1.54) is 19.3 Å². The molecule has 1 fully saturated rings. The standard InChI is InChI=1S/C15H26N2O3/c1-4-12(18)10(2)15-16-14(17-20-15)13(19-3)11-8-6-5-7-9-11/h10-13,18H,4-9H2,1-3H3. The molecule has 1 heterocycles. The van der Waals surface area contributed by atoms with Crippen molar-refractivity contribution in [3.05, 3.63) is 11.7 Å². The van der Waals surface area contributed by atoms with Crippen LogP contribution in [0.5, 0.6) is 0 Å². The van der Waals surface area contributed by atoms with Gasteiger partial charge in [0.1, 0.15) is 6.10 Å². The molecule has 1 aliphatic rings. The lowest BCUT2D eigenvalue weighted by molar-refractivity contribution is 0.0273. The van der Waals surface area contributed by atoms with E-state index in [1.807, 2.05) is 13.8 Å². The van der Waals surface area contributed by atoms with E-state index in [1.54, 1.807) is 7.11 Å². The Bertz CT molecular complexity index is 402. The number of aromatic nitrogens is 2. The van der Waals surface area contributed by atoms with Crippen LogP contribution in [0.15, 0.2) is 4.52 Å². The number of ether oxygens (including phenoxy) is 1. The average Bonchev–Trinajstić information content (AvgIpc) is 2.97. The van der Waals surface area contributed by atoms with Crippen LogP contribution < -0.4 is 0 Å². The van der Waals surface area contributed by atoms with Gasteiger partial charge in [-0.15, -0.1) is 0 Å². The Morgan fingerprint density at radius 3 is 2.65 bits per heavy atom. The minimum Gasteiger partial charge on any atom is -0.392 e. The largest absolute Gasteiger partial charge is 0.392 e. The summed E-state index contributed by atoms with van der Waals surface area (Å²) in [6.07, 6.45) is 6.28. The van der Waals surface area contributed by atoms with Crippen LogP contribution in [0, 0.1) is 5.92 Å². The number of rotatable bonds is 6. The highest BCUT2D eigenvalue weighted by Gasteiger charge is 2.30. The summed E-state index contributed by atoms with van der Waals surface area (Å²) >= 11 is 0. The van der Waals surface area contributed by atoms with E-state index in [0.29, 0.717) is 24.1 Å². The molecule has 1 N–H and O–H groups in total. The van der Waals surface area contributed by atoms with Crippen LogP contribution in [0.4, 0.5) is 0 Å². The van der Waals surface area contributed by atoms with Crippen molar-refractivity contribution in [1.29, 1.82) is 0 Å². The Morgan fingerprint density at radius 2 is 2.05 bits per heavy atom. The second kappa shape index (κ2) is 7.18. The zero-order valence-electron chi connectivity index (χ0n) is 12.7. The van der Waals surface area contributed by atoms with Crippen LogP contribution in [-0.4, -0.2) is 28.5 Å². The summed E-state index contributed by atoms with van der Waals surface area (Å²) in [7, 11) is 1.71. The van der Waals surface area contributed by atoms with Gasteiger partial charge in [-0.3, -0.25) is 0 Å². The van der Waals surface area contributed by atoms with E-state index in [0.717, 1.165) is 12.8 Å². The minimum absolute atomic E-state index is 0.0845. The van der Waals surface area contributed by atoms with E-state index in [2.05, 4.69) is 10.1 Å². The van der Waals surface area contributed by atoms with Crippen LogP contribution in [-0.2, 0) is 4.74 Å². The maximum absolute atomic E-state index is 9.87. The average molecular weight is 282 g/mol. The summed E-state index contributed by atoms with van der Waals surface area (Å²) in [5, 5.41) is 14.0. The smallest absolute Gasteiger partial charge is 0.232 e. The Labute approximate surface area is 120 Å². The molecule has 0 bridgehead atoms. The molecule has 0 radical (unpaired) electrons. The number of hydrogen-bond donors (Lipinski definition) is 1. The monoisotopic (exact) mass is 282 g/mol. The zero-order valence-corrected chi connectivity index (χ0v) is 12.7. The summed E-state index contributed by atoms with van der Waals surface area (Å²) in [4.78, 5) is 4.46. The summed E-state index contributed by atoms with van der Waals surface area (Å²) in [6.45, 7) is 3.85. The van der Waals surface area contributed by atoms with E-state index in [4.69, 9.17) is 9.26 Å². The molecule has 20 heavy (non-hydrogen) atoms. The van der Waals surface area contributed by atoms with Crippen LogP contribution >= 0.6 is 0 Å². The molecule has 0 spiro atoms. The first-order chi connectivity index (χ1) is 9.67. The first-order valence-electron chi connectivity index (χ1n) is 7.71. The SMILES string of the molecule is CCC(O)C(C)c1nc(C(OC)C2CCCCC2)no1. The number of hydrogen-bond acceptors (Lipinski definition) is 5. The molecule has 3 atom stereocenters. The summed E-state index contributed by atoms with van der Waals surface area (Å²) in [5.41, 5.74) is 0. The van der Waals surface area contributed by atoms with Crippen molar-refractivity contribution in [1.82, 2.24) is 10.1 Å². The maximum Gasteiger partial charge on any atom is 0.232 e. The Morgan fingerprint density at radius 1 is 1.35 bits per heavy atom. The van der Waals surface area contributed by atoms with Crippen molar-refractivity contribution in [2.75, 3.05) is 7.11 Å². The molecule has 0 aromatic carbocycles. The first-order valence-corrected chi connectivity index (χ1v) is 7.71. The quantitative estimate of drug-likeness (QED) is 0.867. The number of methoxy groups -OCH3 is 1. The van der Waals surface area contributed by atoms with Gasteiger partial charge in [0.2, 0.25) is 11.7 Å². The van der Waals surface area contributed by atoms with Gasteiger partial charge >= 0.3 is 0 Å². The minimum atomic E-state index is -0.445. The maximum atomic E-state index is 9.87. The molecule has 2 rings (SSSR count). The molecule has 0 aliphatic heterocycles. The van der Waals surface area contributed by atoms with Gasteiger partial charge in [-0.05, 0) is 25.2 Å². The summed E-state index contributed by atoms with van der Waals surface area (Å²) in [5.74, 6) is 1.48. The van der Waals surface area contributed by atoms with Gasteiger partial charge in [0.25, 0.3) is 0 Å².